The van der Waals surface area contributed by atoms with Crippen LogP contribution in [0.1, 0.15) is 56.9 Å². The minimum Gasteiger partial charge on any atom is -0.429 e. The summed E-state index contributed by atoms with van der Waals surface area (Å²) in [7, 11) is 0. The molecule has 2 aromatic carbocycles. The molecule has 29 heavy (non-hydrogen) atoms. The number of hydrogen-bond acceptors (Lipinski definition) is 1. The smallest absolute Gasteiger partial charge is 0.425 e. The van der Waals surface area contributed by atoms with Crippen molar-refractivity contribution in [2.45, 2.75) is 57.5 Å². The summed E-state index contributed by atoms with van der Waals surface area (Å²) in [4.78, 5) is 0. The predicted octanol–water partition coefficient (Wildman–Crippen LogP) is 8.18. The highest BCUT2D eigenvalue weighted by Gasteiger charge is 2.30. The Bertz CT molecular complexity index is 800. The number of benzene rings is 2. The van der Waals surface area contributed by atoms with Gasteiger partial charge in [0.05, 0.1) is 6.08 Å². The zero-order chi connectivity index (χ0) is 20.9. The zero-order valence-corrected chi connectivity index (χ0v) is 16.5. The molecular formula is C24H26F4O. The lowest BCUT2D eigenvalue weighted by atomic mass is 9.77. The fraction of sp³-hybridized carbons (Fsp3) is 0.417. The quantitative estimate of drug-likeness (QED) is 0.421. The van der Waals surface area contributed by atoms with Crippen LogP contribution in [0.4, 0.5) is 17.6 Å². The topological polar surface area (TPSA) is 9.23 Å². The van der Waals surface area contributed by atoms with E-state index in [0.29, 0.717) is 5.92 Å². The highest BCUT2D eigenvalue weighted by atomic mass is 19.3. The lowest BCUT2D eigenvalue weighted by Gasteiger charge is -2.28. The molecule has 1 aliphatic rings. The van der Waals surface area contributed by atoms with Crippen LogP contribution in [0.3, 0.4) is 0 Å². The number of alkyl halides is 2. The van der Waals surface area contributed by atoms with Crippen LogP contribution in [0.5, 0.6) is 5.75 Å². The first kappa shape index (κ1) is 21.4. The van der Waals surface area contributed by atoms with Crippen molar-refractivity contribution in [3.8, 4) is 16.9 Å². The van der Waals surface area contributed by atoms with E-state index in [-0.39, 0.29) is 5.75 Å². The Kier molecular flexibility index (Phi) is 6.99. The molecule has 0 amide bonds. The summed E-state index contributed by atoms with van der Waals surface area (Å²) in [6, 6.07) is 14.4. The molecular weight excluding hydrogens is 380 g/mol. The minimum absolute atomic E-state index is 0.170. The van der Waals surface area contributed by atoms with Crippen LogP contribution >= 0.6 is 0 Å². The average Bonchev–Trinajstić information content (AvgIpc) is 2.68. The lowest BCUT2D eigenvalue weighted by Crippen LogP contribution is -2.21. The van der Waals surface area contributed by atoms with Gasteiger partial charge in [0.1, 0.15) is 5.75 Å². The summed E-state index contributed by atoms with van der Waals surface area (Å²) < 4.78 is 55.0. The van der Waals surface area contributed by atoms with Crippen molar-refractivity contribution in [3.05, 3.63) is 66.3 Å². The van der Waals surface area contributed by atoms with Crippen molar-refractivity contribution in [2.75, 3.05) is 0 Å². The van der Waals surface area contributed by atoms with Crippen molar-refractivity contribution in [3.63, 3.8) is 0 Å². The highest BCUT2D eigenvalue weighted by molar-refractivity contribution is 5.64. The molecule has 0 unspecified atom stereocenters. The van der Waals surface area contributed by atoms with Gasteiger partial charge in [-0.25, -0.2) is 0 Å². The van der Waals surface area contributed by atoms with Gasteiger partial charge in [-0.3, -0.25) is 0 Å². The largest absolute Gasteiger partial charge is 0.429 e. The summed E-state index contributed by atoms with van der Waals surface area (Å²) in [5.74, 6) is 1.32. The standard InChI is InChI=1S/C24H26F4O/c1-2-3-17-4-6-18(7-5-17)19-8-10-20(11-9-19)21-12-14-22(15-13-21)29-24(27,28)16-23(25)26/h8-18H,2-7H2,1H3. The Morgan fingerprint density at radius 2 is 1.48 bits per heavy atom. The first-order chi connectivity index (χ1) is 13.9. The van der Waals surface area contributed by atoms with Crippen molar-refractivity contribution in [1.82, 2.24) is 0 Å². The fourth-order valence-electron chi connectivity index (χ4n) is 4.17. The SMILES string of the molecule is CCCC1CCC(c2ccc(-c3ccc(OC(F)(F)C=C(F)F)cc3)cc2)CC1. The molecule has 0 atom stereocenters. The Balaban J connectivity index is 1.62. The number of halogens is 4. The van der Waals surface area contributed by atoms with E-state index in [2.05, 4.69) is 23.8 Å². The molecule has 3 rings (SSSR count). The molecule has 0 radical (unpaired) electrons. The van der Waals surface area contributed by atoms with Gasteiger partial charge >= 0.3 is 6.11 Å². The summed E-state index contributed by atoms with van der Waals surface area (Å²) in [6.07, 6.45) is 0.627. The summed E-state index contributed by atoms with van der Waals surface area (Å²) >= 11 is 0. The van der Waals surface area contributed by atoms with Crippen molar-refractivity contribution >= 4 is 0 Å². The number of hydrogen-bond donors (Lipinski definition) is 0. The van der Waals surface area contributed by atoms with Gasteiger partial charge in [0.15, 0.2) is 0 Å². The first-order valence-corrected chi connectivity index (χ1v) is 10.2. The average molecular weight is 406 g/mol. The van der Waals surface area contributed by atoms with Gasteiger partial charge < -0.3 is 4.74 Å². The molecule has 1 fully saturated rings. The van der Waals surface area contributed by atoms with E-state index in [9.17, 15) is 17.6 Å². The third-order valence-corrected chi connectivity index (χ3v) is 5.64. The van der Waals surface area contributed by atoms with E-state index in [4.69, 9.17) is 0 Å². The second kappa shape index (κ2) is 9.47. The van der Waals surface area contributed by atoms with Gasteiger partial charge in [0, 0.05) is 0 Å². The summed E-state index contributed by atoms with van der Waals surface area (Å²) in [5, 5.41) is 0. The molecule has 2 aromatic rings. The van der Waals surface area contributed by atoms with Gasteiger partial charge in [0.25, 0.3) is 6.08 Å². The van der Waals surface area contributed by atoms with Gasteiger partial charge in [-0.1, -0.05) is 56.2 Å². The third kappa shape index (κ3) is 6.09. The number of rotatable bonds is 7. The molecule has 0 aliphatic heterocycles. The molecule has 156 valence electrons. The number of ether oxygens (including phenoxy) is 1. The molecule has 0 aromatic heterocycles. The van der Waals surface area contributed by atoms with E-state index in [1.807, 2.05) is 12.1 Å². The Labute approximate surface area is 169 Å². The molecule has 0 bridgehead atoms. The van der Waals surface area contributed by atoms with Gasteiger partial charge in [-0.05, 0) is 66.3 Å². The van der Waals surface area contributed by atoms with Gasteiger partial charge in [-0.2, -0.15) is 17.6 Å². The molecule has 0 N–H and O–H groups in total. The van der Waals surface area contributed by atoms with E-state index < -0.39 is 18.3 Å². The Hall–Kier alpha value is -2.30. The fourth-order valence-corrected chi connectivity index (χ4v) is 4.17. The van der Waals surface area contributed by atoms with E-state index in [1.165, 1.54) is 56.2 Å². The third-order valence-electron chi connectivity index (χ3n) is 5.64. The summed E-state index contributed by atoms with van der Waals surface area (Å²) in [6.45, 7) is 2.25. The maximum atomic E-state index is 13.3. The second-order valence-electron chi connectivity index (χ2n) is 7.75. The zero-order valence-electron chi connectivity index (χ0n) is 16.5. The molecule has 1 saturated carbocycles. The maximum Gasteiger partial charge on any atom is 0.425 e. The van der Waals surface area contributed by atoms with Crippen LogP contribution in [0.25, 0.3) is 11.1 Å². The molecule has 1 aliphatic carbocycles. The van der Waals surface area contributed by atoms with Crippen molar-refractivity contribution < 1.29 is 22.3 Å². The van der Waals surface area contributed by atoms with Crippen LogP contribution in [0, 0.1) is 5.92 Å². The van der Waals surface area contributed by atoms with Crippen molar-refractivity contribution in [2.24, 2.45) is 5.92 Å². The van der Waals surface area contributed by atoms with Crippen LogP contribution in [0.2, 0.25) is 0 Å². The lowest BCUT2D eigenvalue weighted by molar-refractivity contribution is -0.133. The normalized spacial score (nSPS) is 19.6. The van der Waals surface area contributed by atoms with Crippen LogP contribution in [-0.4, -0.2) is 6.11 Å². The van der Waals surface area contributed by atoms with Crippen LogP contribution in [0.15, 0.2) is 60.7 Å². The van der Waals surface area contributed by atoms with Crippen LogP contribution < -0.4 is 4.74 Å². The minimum atomic E-state index is -4.04. The molecule has 1 nitrogen and oxygen atoms in total. The van der Waals surface area contributed by atoms with E-state index in [0.717, 1.165) is 17.0 Å². The maximum absolute atomic E-state index is 13.3. The Morgan fingerprint density at radius 3 is 2.00 bits per heavy atom. The predicted molar refractivity (Wildman–Crippen MR) is 107 cm³/mol. The molecule has 0 spiro atoms. The molecule has 5 heteroatoms. The van der Waals surface area contributed by atoms with Crippen molar-refractivity contribution in [1.29, 1.82) is 0 Å². The first-order valence-electron chi connectivity index (χ1n) is 10.2. The Morgan fingerprint density at radius 1 is 0.931 bits per heavy atom. The molecule has 0 saturated heterocycles. The van der Waals surface area contributed by atoms with E-state index in [1.54, 1.807) is 12.1 Å². The van der Waals surface area contributed by atoms with Gasteiger partial charge in [-0.15, -0.1) is 0 Å². The highest BCUT2D eigenvalue weighted by Crippen LogP contribution is 2.38. The monoisotopic (exact) mass is 406 g/mol. The van der Waals surface area contributed by atoms with Gasteiger partial charge in [0.2, 0.25) is 0 Å². The second-order valence-corrected chi connectivity index (χ2v) is 7.75. The van der Waals surface area contributed by atoms with Crippen LogP contribution in [-0.2, 0) is 0 Å². The van der Waals surface area contributed by atoms with E-state index >= 15 is 0 Å². The summed E-state index contributed by atoms with van der Waals surface area (Å²) in [5.41, 5.74) is 3.18. The molecule has 0 heterocycles.